The third kappa shape index (κ3) is 5.41. The molecule has 164 valence electrons. The molecule has 1 aromatic carbocycles. The summed E-state index contributed by atoms with van der Waals surface area (Å²) in [6.07, 6.45) is 4.92. The van der Waals surface area contributed by atoms with Crippen LogP contribution in [0.15, 0.2) is 41.4 Å². The molecule has 0 N–H and O–H groups in total. The van der Waals surface area contributed by atoms with Crippen LogP contribution in [-0.2, 0) is 4.79 Å². The smallest absolute Gasteiger partial charge is 0.153 e. The van der Waals surface area contributed by atoms with Crippen LogP contribution in [0.1, 0.15) is 45.1 Å². The average molecular weight is 418 g/mol. The SMILES string of the molecule is C[C@@H](CC(=O)C(C)(C)N1CCN(CCC2N=CC=CC2F)CC1)c1ccccc1F. The molecule has 3 atom stereocenters. The Morgan fingerprint density at radius 3 is 2.60 bits per heavy atom. The molecule has 0 amide bonds. The standard InChI is InChI=1S/C24H33F2N3O/c1-18(19-7-4-5-8-20(19)25)17-23(30)24(2,3)29-15-13-28(14-16-29)12-10-22-21(26)9-6-11-27-22/h4-9,11,18,21-22H,10,12-17H2,1-3H3/t18-,21?,22?/m0/s1. The van der Waals surface area contributed by atoms with Crippen LogP contribution in [0.4, 0.5) is 8.78 Å². The molecule has 2 unspecified atom stereocenters. The summed E-state index contributed by atoms with van der Waals surface area (Å²) in [5.74, 6) is -0.272. The normalized spacial score (nSPS) is 24.2. The van der Waals surface area contributed by atoms with Gasteiger partial charge in [0.25, 0.3) is 0 Å². The number of halogens is 2. The quantitative estimate of drug-likeness (QED) is 0.641. The molecule has 2 heterocycles. The average Bonchev–Trinajstić information content (AvgIpc) is 2.73. The van der Waals surface area contributed by atoms with Crippen molar-refractivity contribution in [3.05, 3.63) is 47.8 Å². The summed E-state index contributed by atoms with van der Waals surface area (Å²) < 4.78 is 27.9. The van der Waals surface area contributed by atoms with Crippen molar-refractivity contribution in [3.8, 4) is 0 Å². The van der Waals surface area contributed by atoms with E-state index in [-0.39, 0.29) is 23.6 Å². The van der Waals surface area contributed by atoms with Crippen molar-refractivity contribution >= 4 is 12.0 Å². The van der Waals surface area contributed by atoms with Gasteiger partial charge < -0.3 is 4.90 Å². The van der Waals surface area contributed by atoms with Crippen molar-refractivity contribution in [2.75, 3.05) is 32.7 Å². The van der Waals surface area contributed by atoms with Crippen LogP contribution < -0.4 is 0 Å². The van der Waals surface area contributed by atoms with Crippen LogP contribution in [0.2, 0.25) is 0 Å². The monoisotopic (exact) mass is 417 g/mol. The number of hydrogen-bond donors (Lipinski definition) is 0. The minimum absolute atomic E-state index is 0.135. The van der Waals surface area contributed by atoms with Crippen molar-refractivity contribution < 1.29 is 13.6 Å². The number of alkyl halides is 1. The number of carbonyl (C=O) groups is 1. The lowest BCUT2D eigenvalue weighted by Gasteiger charge is -2.43. The number of dihydropyridines is 1. The number of aliphatic imine (C=N–C) groups is 1. The number of Topliss-reactive ketones (excluding diaryl/α,β-unsaturated/α-hetero) is 1. The number of hydrogen-bond acceptors (Lipinski definition) is 4. The Balaban J connectivity index is 1.48. The largest absolute Gasteiger partial charge is 0.301 e. The number of nitrogens with zero attached hydrogens (tertiary/aromatic N) is 3. The number of carbonyl (C=O) groups excluding carboxylic acids is 1. The highest BCUT2D eigenvalue weighted by molar-refractivity contribution is 5.88. The highest BCUT2D eigenvalue weighted by Gasteiger charge is 2.37. The van der Waals surface area contributed by atoms with Crippen molar-refractivity contribution in [2.45, 2.75) is 57.3 Å². The minimum atomic E-state index is -0.996. The van der Waals surface area contributed by atoms with E-state index in [4.69, 9.17) is 0 Å². The maximum Gasteiger partial charge on any atom is 0.153 e. The maximum atomic E-state index is 14.1. The molecule has 0 radical (unpaired) electrons. The van der Waals surface area contributed by atoms with E-state index >= 15 is 0 Å². The summed E-state index contributed by atoms with van der Waals surface area (Å²) in [5.41, 5.74) is 0.00605. The highest BCUT2D eigenvalue weighted by atomic mass is 19.1. The lowest BCUT2D eigenvalue weighted by molar-refractivity contribution is -0.131. The van der Waals surface area contributed by atoms with E-state index in [1.165, 1.54) is 6.07 Å². The number of rotatable bonds is 8. The summed E-state index contributed by atoms with van der Waals surface area (Å²) >= 11 is 0. The first kappa shape index (κ1) is 22.8. The first-order valence-corrected chi connectivity index (χ1v) is 10.9. The van der Waals surface area contributed by atoms with Gasteiger partial charge in [0.2, 0.25) is 0 Å². The third-order valence-corrected chi connectivity index (χ3v) is 6.54. The molecule has 0 bridgehead atoms. The predicted molar refractivity (Wildman–Crippen MR) is 117 cm³/mol. The molecule has 6 heteroatoms. The summed E-state index contributed by atoms with van der Waals surface area (Å²) in [7, 11) is 0. The molecule has 1 saturated heterocycles. The Bertz CT molecular complexity index is 784. The van der Waals surface area contributed by atoms with Gasteiger partial charge in [-0.05, 0) is 50.0 Å². The van der Waals surface area contributed by atoms with E-state index in [0.717, 1.165) is 32.7 Å². The zero-order chi connectivity index (χ0) is 21.7. The fourth-order valence-electron chi connectivity index (χ4n) is 4.29. The number of ketones is 1. The fourth-order valence-corrected chi connectivity index (χ4v) is 4.29. The van der Waals surface area contributed by atoms with Crippen molar-refractivity contribution in [1.82, 2.24) is 9.80 Å². The van der Waals surface area contributed by atoms with E-state index in [2.05, 4.69) is 14.8 Å². The van der Waals surface area contributed by atoms with Gasteiger partial charge in [-0.25, -0.2) is 8.78 Å². The van der Waals surface area contributed by atoms with Crippen LogP contribution >= 0.6 is 0 Å². The predicted octanol–water partition coefficient (Wildman–Crippen LogP) is 4.02. The Morgan fingerprint density at radius 2 is 1.93 bits per heavy atom. The molecule has 30 heavy (non-hydrogen) atoms. The number of allylic oxidation sites excluding steroid dienone is 1. The summed E-state index contributed by atoms with van der Waals surface area (Å²) in [5, 5.41) is 0. The Hall–Kier alpha value is -1.92. The van der Waals surface area contributed by atoms with Crippen molar-refractivity contribution in [3.63, 3.8) is 0 Å². The molecule has 1 aromatic rings. The van der Waals surface area contributed by atoms with Crippen LogP contribution in [0.5, 0.6) is 0 Å². The number of benzene rings is 1. The van der Waals surface area contributed by atoms with Gasteiger partial charge >= 0.3 is 0 Å². The molecule has 0 aliphatic carbocycles. The Morgan fingerprint density at radius 1 is 1.23 bits per heavy atom. The Labute approximate surface area is 178 Å². The molecule has 2 aliphatic rings. The Kier molecular flexibility index (Phi) is 7.53. The van der Waals surface area contributed by atoms with E-state index in [9.17, 15) is 13.6 Å². The highest BCUT2D eigenvalue weighted by Crippen LogP contribution is 2.27. The van der Waals surface area contributed by atoms with E-state index in [0.29, 0.717) is 18.4 Å². The van der Waals surface area contributed by atoms with Crippen LogP contribution in [0.3, 0.4) is 0 Å². The van der Waals surface area contributed by atoms with Crippen LogP contribution in [0, 0.1) is 5.82 Å². The lowest BCUT2D eigenvalue weighted by Crippen LogP contribution is -2.58. The fraction of sp³-hybridized carbons (Fsp3) is 0.583. The van der Waals surface area contributed by atoms with Gasteiger partial charge in [0.1, 0.15) is 12.0 Å². The first-order valence-electron chi connectivity index (χ1n) is 10.9. The number of piperazine rings is 1. The summed E-state index contributed by atoms with van der Waals surface area (Å²) in [6.45, 7) is 9.94. The van der Waals surface area contributed by atoms with Gasteiger partial charge in [0.15, 0.2) is 5.78 Å². The van der Waals surface area contributed by atoms with E-state index in [1.54, 1.807) is 30.5 Å². The van der Waals surface area contributed by atoms with E-state index in [1.807, 2.05) is 26.8 Å². The molecular weight excluding hydrogens is 384 g/mol. The topological polar surface area (TPSA) is 35.9 Å². The molecule has 0 spiro atoms. The molecule has 0 saturated carbocycles. The zero-order valence-corrected chi connectivity index (χ0v) is 18.2. The summed E-state index contributed by atoms with van der Waals surface area (Å²) in [4.78, 5) is 21.8. The lowest BCUT2D eigenvalue weighted by atomic mass is 9.86. The van der Waals surface area contributed by atoms with Gasteiger partial charge in [-0.1, -0.05) is 25.1 Å². The second-order valence-electron chi connectivity index (χ2n) is 8.92. The van der Waals surface area contributed by atoms with Gasteiger partial charge in [0, 0.05) is 45.4 Å². The molecule has 0 aromatic heterocycles. The van der Waals surface area contributed by atoms with Crippen LogP contribution in [0.25, 0.3) is 0 Å². The van der Waals surface area contributed by atoms with Crippen LogP contribution in [-0.4, -0.2) is 72.3 Å². The van der Waals surface area contributed by atoms with Crippen molar-refractivity contribution in [1.29, 1.82) is 0 Å². The van der Waals surface area contributed by atoms with Gasteiger partial charge in [-0.15, -0.1) is 0 Å². The molecule has 2 aliphatic heterocycles. The molecule has 1 fully saturated rings. The maximum absolute atomic E-state index is 14.1. The second-order valence-corrected chi connectivity index (χ2v) is 8.92. The third-order valence-electron chi connectivity index (χ3n) is 6.54. The molecule has 4 nitrogen and oxygen atoms in total. The van der Waals surface area contributed by atoms with Gasteiger partial charge in [0.05, 0.1) is 11.6 Å². The second kappa shape index (κ2) is 9.92. The van der Waals surface area contributed by atoms with E-state index < -0.39 is 11.7 Å². The molecule has 3 rings (SSSR count). The molecular formula is C24H33F2N3O. The first-order chi connectivity index (χ1) is 14.3. The van der Waals surface area contributed by atoms with Gasteiger partial charge in [-0.3, -0.25) is 14.7 Å². The zero-order valence-electron chi connectivity index (χ0n) is 18.2. The minimum Gasteiger partial charge on any atom is -0.301 e. The summed E-state index contributed by atoms with van der Waals surface area (Å²) in [6, 6.07) is 6.39. The van der Waals surface area contributed by atoms with Crippen molar-refractivity contribution in [2.24, 2.45) is 4.99 Å². The van der Waals surface area contributed by atoms with Gasteiger partial charge in [-0.2, -0.15) is 0 Å².